The molecule has 9 nitrogen and oxygen atoms in total. The van der Waals surface area contributed by atoms with Gasteiger partial charge in [0, 0.05) is 36.2 Å². The van der Waals surface area contributed by atoms with Gasteiger partial charge < -0.3 is 25.7 Å². The maximum atomic E-state index is 13.7. The van der Waals surface area contributed by atoms with Crippen molar-refractivity contribution in [1.29, 1.82) is 0 Å². The number of nitrogens with one attached hydrogen (secondary N) is 2. The van der Waals surface area contributed by atoms with Crippen LogP contribution >= 0.6 is 0 Å². The van der Waals surface area contributed by atoms with Gasteiger partial charge in [0.25, 0.3) is 5.91 Å². The summed E-state index contributed by atoms with van der Waals surface area (Å²) in [6.07, 6.45) is 5.82. The highest BCUT2D eigenvalue weighted by Crippen LogP contribution is 2.39. The summed E-state index contributed by atoms with van der Waals surface area (Å²) >= 11 is 0. The van der Waals surface area contributed by atoms with Crippen molar-refractivity contribution in [1.82, 2.24) is 15.2 Å². The van der Waals surface area contributed by atoms with Gasteiger partial charge in [0.15, 0.2) is 6.10 Å². The Morgan fingerprint density at radius 2 is 1.62 bits per heavy atom. The first-order valence-corrected chi connectivity index (χ1v) is 14.4. The minimum atomic E-state index is -1.67. The minimum absolute atomic E-state index is 0.0822. The predicted molar refractivity (Wildman–Crippen MR) is 162 cm³/mol. The first kappa shape index (κ1) is 30.7. The molecular weight excluding hydrogens is 532 g/mol. The second kappa shape index (κ2) is 13.6. The molecule has 2 aromatic carbocycles. The SMILES string of the molecule is CC(C)(C)C1CCC(N(Cc2ccc(C(=O)NC[C@@H](O)C(=O)O)cc2)C(=O)Nc2ccc(-c3cccnc3)cc2)CC1. The zero-order valence-corrected chi connectivity index (χ0v) is 24.4. The number of anilines is 1. The normalized spacial score (nSPS) is 17.6. The molecule has 4 N–H and O–H groups in total. The number of benzene rings is 2. The van der Waals surface area contributed by atoms with Crippen molar-refractivity contribution in [2.24, 2.45) is 11.3 Å². The number of amides is 3. The molecule has 1 aliphatic rings. The first-order valence-electron chi connectivity index (χ1n) is 14.4. The Labute approximate surface area is 247 Å². The van der Waals surface area contributed by atoms with Crippen molar-refractivity contribution in [2.45, 2.75) is 65.1 Å². The molecule has 1 saturated carbocycles. The van der Waals surface area contributed by atoms with Gasteiger partial charge in [-0.05, 0) is 84.0 Å². The molecule has 0 aliphatic heterocycles. The highest BCUT2D eigenvalue weighted by molar-refractivity contribution is 5.94. The van der Waals surface area contributed by atoms with E-state index in [0.29, 0.717) is 23.7 Å². The Hall–Kier alpha value is -4.24. The number of urea groups is 1. The highest BCUT2D eigenvalue weighted by Gasteiger charge is 2.33. The number of pyridine rings is 1. The number of rotatable bonds is 9. The Morgan fingerprint density at radius 1 is 0.952 bits per heavy atom. The number of aliphatic hydroxyl groups is 1. The molecule has 3 aromatic rings. The Bertz CT molecular complexity index is 1350. The fraction of sp³-hybridized carbons (Fsp3) is 0.394. The van der Waals surface area contributed by atoms with Crippen LogP contribution in [0.4, 0.5) is 10.5 Å². The second-order valence-electron chi connectivity index (χ2n) is 12.0. The Kier molecular flexibility index (Phi) is 9.96. The highest BCUT2D eigenvalue weighted by atomic mass is 16.4. The maximum Gasteiger partial charge on any atom is 0.334 e. The van der Waals surface area contributed by atoms with Crippen molar-refractivity contribution in [3.8, 4) is 11.1 Å². The van der Waals surface area contributed by atoms with E-state index >= 15 is 0 Å². The molecule has 1 aliphatic carbocycles. The zero-order valence-electron chi connectivity index (χ0n) is 24.4. The smallest absolute Gasteiger partial charge is 0.334 e. The van der Waals surface area contributed by atoms with Crippen LogP contribution in [0.2, 0.25) is 0 Å². The van der Waals surface area contributed by atoms with Gasteiger partial charge in [0.2, 0.25) is 0 Å². The van der Waals surface area contributed by atoms with Crippen molar-refractivity contribution >= 4 is 23.6 Å². The van der Waals surface area contributed by atoms with Crippen molar-refractivity contribution in [2.75, 3.05) is 11.9 Å². The molecule has 3 amide bonds. The topological polar surface area (TPSA) is 132 Å². The van der Waals surface area contributed by atoms with E-state index in [1.165, 1.54) is 0 Å². The van der Waals surface area contributed by atoms with Gasteiger partial charge in [-0.1, -0.05) is 51.1 Å². The van der Waals surface area contributed by atoms with E-state index in [4.69, 9.17) is 5.11 Å². The number of aliphatic hydroxyl groups excluding tert-OH is 1. The number of nitrogens with zero attached hydrogens (tertiary/aromatic N) is 2. The molecule has 9 heteroatoms. The summed E-state index contributed by atoms with van der Waals surface area (Å²) in [6, 6.07) is 18.4. The summed E-state index contributed by atoms with van der Waals surface area (Å²) in [5.74, 6) is -1.27. The maximum absolute atomic E-state index is 13.7. The molecular formula is C33H40N4O5. The summed E-state index contributed by atoms with van der Waals surface area (Å²) in [6.45, 7) is 6.82. The molecule has 0 radical (unpaired) electrons. The monoisotopic (exact) mass is 572 g/mol. The van der Waals surface area contributed by atoms with Crippen LogP contribution in [0.15, 0.2) is 73.1 Å². The molecule has 222 valence electrons. The second-order valence-corrected chi connectivity index (χ2v) is 12.0. The Morgan fingerprint density at radius 3 is 2.19 bits per heavy atom. The largest absolute Gasteiger partial charge is 0.479 e. The van der Waals surface area contributed by atoms with Crippen LogP contribution in [-0.2, 0) is 11.3 Å². The number of hydrogen-bond acceptors (Lipinski definition) is 5. The summed E-state index contributed by atoms with van der Waals surface area (Å²) < 4.78 is 0. The van der Waals surface area contributed by atoms with Crippen LogP contribution in [-0.4, -0.2) is 56.7 Å². The van der Waals surface area contributed by atoms with E-state index in [0.717, 1.165) is 42.4 Å². The summed E-state index contributed by atoms with van der Waals surface area (Å²) in [5.41, 5.74) is 4.16. The lowest BCUT2D eigenvalue weighted by molar-refractivity contribution is -0.146. The van der Waals surface area contributed by atoms with E-state index < -0.39 is 18.0 Å². The van der Waals surface area contributed by atoms with E-state index in [2.05, 4.69) is 36.4 Å². The van der Waals surface area contributed by atoms with Crippen molar-refractivity contribution in [3.63, 3.8) is 0 Å². The lowest BCUT2D eigenvalue weighted by Crippen LogP contribution is -2.45. The number of carboxylic acids is 1. The number of aliphatic carboxylic acids is 1. The average molecular weight is 573 g/mol. The third-order valence-electron chi connectivity index (χ3n) is 8.06. The molecule has 1 aromatic heterocycles. The van der Waals surface area contributed by atoms with Crippen LogP contribution in [0.5, 0.6) is 0 Å². The van der Waals surface area contributed by atoms with Crippen molar-refractivity contribution < 1.29 is 24.6 Å². The van der Waals surface area contributed by atoms with E-state index in [9.17, 15) is 19.5 Å². The van der Waals surface area contributed by atoms with Gasteiger partial charge in [0.1, 0.15) is 0 Å². The molecule has 0 bridgehead atoms. The first-order chi connectivity index (χ1) is 20.0. The van der Waals surface area contributed by atoms with E-state index in [-0.39, 0.29) is 24.0 Å². The molecule has 1 atom stereocenters. The minimum Gasteiger partial charge on any atom is -0.479 e. The van der Waals surface area contributed by atoms with E-state index in [1.54, 1.807) is 36.7 Å². The van der Waals surface area contributed by atoms with Gasteiger partial charge in [-0.25, -0.2) is 9.59 Å². The van der Waals surface area contributed by atoms with Gasteiger partial charge >= 0.3 is 12.0 Å². The van der Waals surface area contributed by atoms with Gasteiger partial charge in [-0.3, -0.25) is 9.78 Å². The van der Waals surface area contributed by atoms with Gasteiger partial charge in [0.05, 0.1) is 6.54 Å². The molecule has 0 spiro atoms. The van der Waals surface area contributed by atoms with Crippen molar-refractivity contribution in [3.05, 3.63) is 84.2 Å². The summed E-state index contributed by atoms with van der Waals surface area (Å²) in [4.78, 5) is 43.0. The zero-order chi connectivity index (χ0) is 30.3. The lowest BCUT2D eigenvalue weighted by atomic mass is 9.71. The standard InChI is InChI=1S/C33H40N4O5/c1-33(2,3)26-12-16-28(17-13-26)37(21-22-6-8-24(9-7-22)30(39)35-20-29(38)31(40)41)32(42)36-27-14-10-23(11-15-27)25-5-4-18-34-19-25/h4-11,14-15,18-19,26,28-29,38H,12-13,16-17,20-21H2,1-3H3,(H,35,39)(H,36,42)(H,40,41)/t26?,28?,29-/m1/s1. The number of carbonyl (C=O) groups excluding carboxylic acids is 2. The van der Waals surface area contributed by atoms with E-state index in [1.807, 2.05) is 41.3 Å². The number of aromatic nitrogens is 1. The summed E-state index contributed by atoms with van der Waals surface area (Å²) in [5, 5.41) is 23.7. The number of hydrogen-bond donors (Lipinski definition) is 4. The molecule has 1 heterocycles. The van der Waals surface area contributed by atoms with Crippen LogP contribution in [0.3, 0.4) is 0 Å². The third kappa shape index (κ3) is 8.16. The Balaban J connectivity index is 1.46. The molecule has 0 saturated heterocycles. The van der Waals surface area contributed by atoms with Crippen LogP contribution in [0.1, 0.15) is 62.4 Å². The number of carbonyl (C=O) groups is 3. The lowest BCUT2D eigenvalue weighted by Gasteiger charge is -2.41. The molecule has 1 fully saturated rings. The predicted octanol–water partition coefficient (Wildman–Crippen LogP) is 5.56. The molecule has 4 rings (SSSR count). The number of carboxylic acid groups (broad SMARTS) is 1. The quantitative estimate of drug-likeness (QED) is 0.265. The third-order valence-corrected chi connectivity index (χ3v) is 8.06. The van der Waals surface area contributed by atoms with Crippen LogP contribution in [0.25, 0.3) is 11.1 Å². The van der Waals surface area contributed by atoms with Crippen LogP contribution < -0.4 is 10.6 Å². The van der Waals surface area contributed by atoms with Crippen LogP contribution in [0, 0.1) is 11.3 Å². The average Bonchev–Trinajstić information content (AvgIpc) is 2.99. The summed E-state index contributed by atoms with van der Waals surface area (Å²) in [7, 11) is 0. The van der Waals surface area contributed by atoms with Gasteiger partial charge in [-0.15, -0.1) is 0 Å². The molecule has 42 heavy (non-hydrogen) atoms. The fourth-order valence-corrected chi connectivity index (χ4v) is 5.43. The van der Waals surface area contributed by atoms with Gasteiger partial charge in [-0.2, -0.15) is 0 Å². The fourth-order valence-electron chi connectivity index (χ4n) is 5.43. The molecule has 0 unspecified atom stereocenters.